The summed E-state index contributed by atoms with van der Waals surface area (Å²) in [5, 5.41) is 27.9. The molecule has 1 N–H and O–H groups in total. The zero-order chi connectivity index (χ0) is 15.3. The molecule has 100 valence electrons. The van der Waals surface area contributed by atoms with E-state index in [1.807, 2.05) is 5.32 Å². The first-order valence-corrected chi connectivity index (χ1v) is 4.91. The van der Waals surface area contributed by atoms with E-state index in [9.17, 15) is 17.6 Å². The van der Waals surface area contributed by atoms with Crippen LogP contribution in [0.2, 0.25) is 0 Å². The summed E-state index contributed by atoms with van der Waals surface area (Å²) in [6.45, 7) is 0. The molecule has 20 heavy (non-hydrogen) atoms. The minimum absolute atomic E-state index is 0.246. The van der Waals surface area contributed by atoms with Gasteiger partial charge in [0.2, 0.25) is 0 Å². The summed E-state index contributed by atoms with van der Waals surface area (Å²) in [6.07, 6.45) is -4.86. The molecule has 0 atom stereocenters. The third kappa shape index (κ3) is 3.24. The van der Waals surface area contributed by atoms with E-state index in [4.69, 9.17) is 15.8 Å². The maximum Gasteiger partial charge on any atom is 0.418 e. The number of nitriles is 3. The molecule has 0 fully saturated rings. The van der Waals surface area contributed by atoms with Crippen molar-refractivity contribution in [2.75, 3.05) is 5.32 Å². The van der Waals surface area contributed by atoms with Gasteiger partial charge >= 0.3 is 6.18 Å². The molecule has 0 saturated heterocycles. The lowest BCUT2D eigenvalue weighted by molar-refractivity contribution is -0.137. The number of nitrogens with one attached hydrogen (secondary N) is 1. The molecule has 0 radical (unpaired) electrons. The summed E-state index contributed by atoms with van der Waals surface area (Å²) in [4.78, 5) is 0. The molecule has 8 heteroatoms. The predicted octanol–water partition coefficient (Wildman–Crippen LogP) is 3.08. The van der Waals surface area contributed by atoms with Crippen LogP contribution in [-0.2, 0) is 6.18 Å². The van der Waals surface area contributed by atoms with Gasteiger partial charge in [0.15, 0.2) is 5.57 Å². The van der Waals surface area contributed by atoms with Gasteiger partial charge in [-0.1, -0.05) is 0 Å². The molecule has 0 aromatic heterocycles. The third-order valence-electron chi connectivity index (χ3n) is 2.13. The van der Waals surface area contributed by atoms with Crippen molar-refractivity contribution < 1.29 is 17.6 Å². The number of anilines is 1. The molecule has 1 aromatic carbocycles. The molecule has 0 amide bonds. The molecular formula is C12H4F4N4. The monoisotopic (exact) mass is 280 g/mol. The molecule has 1 aromatic rings. The van der Waals surface area contributed by atoms with E-state index >= 15 is 0 Å². The Hall–Kier alpha value is -3.05. The number of hydrogen-bond acceptors (Lipinski definition) is 4. The average Bonchev–Trinajstić information content (AvgIpc) is 2.39. The molecule has 0 aliphatic rings. The molecule has 0 aliphatic heterocycles. The number of hydrogen-bond donors (Lipinski definition) is 1. The molecule has 0 unspecified atom stereocenters. The number of benzene rings is 1. The standard InChI is InChI=1S/C12H4F4N4/c13-8-1-2-10(9(3-8)12(14,15)16)20-11(6-19)7(4-17)5-18/h1-3,20H. The Kier molecular flexibility index (Phi) is 4.30. The van der Waals surface area contributed by atoms with Crippen molar-refractivity contribution >= 4 is 5.69 Å². The highest BCUT2D eigenvalue weighted by Gasteiger charge is 2.34. The van der Waals surface area contributed by atoms with Crippen LogP contribution in [0.1, 0.15) is 5.56 Å². The predicted molar refractivity (Wildman–Crippen MR) is 58.9 cm³/mol. The Balaban J connectivity index is 3.38. The van der Waals surface area contributed by atoms with E-state index in [1.54, 1.807) is 0 Å². The van der Waals surface area contributed by atoms with E-state index in [0.29, 0.717) is 0 Å². The van der Waals surface area contributed by atoms with Gasteiger partial charge in [-0.15, -0.1) is 0 Å². The SMILES string of the molecule is N#CC(C#N)=C(C#N)Nc1ccc(F)cc1C(F)(F)F. The van der Waals surface area contributed by atoms with Crippen molar-refractivity contribution in [3.8, 4) is 18.2 Å². The Labute approximate surface area is 110 Å². The summed E-state index contributed by atoms with van der Waals surface area (Å²) in [6, 6.07) is 5.92. The van der Waals surface area contributed by atoms with Crippen molar-refractivity contribution in [2.45, 2.75) is 6.18 Å². The first-order valence-electron chi connectivity index (χ1n) is 4.91. The molecular weight excluding hydrogens is 276 g/mol. The molecule has 4 nitrogen and oxygen atoms in total. The summed E-state index contributed by atoms with van der Waals surface area (Å²) >= 11 is 0. The van der Waals surface area contributed by atoms with E-state index < -0.39 is 34.5 Å². The van der Waals surface area contributed by atoms with Crippen LogP contribution in [0.15, 0.2) is 29.5 Å². The van der Waals surface area contributed by atoms with Gasteiger partial charge in [-0.2, -0.15) is 29.0 Å². The number of nitrogens with zero attached hydrogens (tertiary/aromatic N) is 3. The number of allylic oxidation sites excluding steroid dienone is 2. The first kappa shape index (κ1) is 15.0. The Morgan fingerprint density at radius 3 is 2.10 bits per heavy atom. The maximum absolute atomic E-state index is 12.9. The van der Waals surface area contributed by atoms with Gasteiger partial charge in [0, 0.05) is 0 Å². The van der Waals surface area contributed by atoms with E-state index in [1.165, 1.54) is 18.2 Å². The van der Waals surface area contributed by atoms with Crippen LogP contribution in [0.4, 0.5) is 23.2 Å². The van der Waals surface area contributed by atoms with Crippen molar-refractivity contribution in [1.29, 1.82) is 15.8 Å². The minimum atomic E-state index is -4.86. The second-order valence-electron chi connectivity index (χ2n) is 3.40. The normalized spacial score (nSPS) is 9.85. The fraction of sp³-hybridized carbons (Fsp3) is 0.0833. The molecule has 0 spiro atoms. The fourth-order valence-corrected chi connectivity index (χ4v) is 1.28. The zero-order valence-corrected chi connectivity index (χ0v) is 9.59. The van der Waals surface area contributed by atoms with Crippen LogP contribution in [0, 0.1) is 39.8 Å². The highest BCUT2D eigenvalue weighted by atomic mass is 19.4. The average molecular weight is 280 g/mol. The van der Waals surface area contributed by atoms with Gasteiger partial charge in [0.1, 0.15) is 29.7 Å². The van der Waals surface area contributed by atoms with E-state index in [2.05, 4.69) is 0 Å². The fourth-order valence-electron chi connectivity index (χ4n) is 1.28. The van der Waals surface area contributed by atoms with Gasteiger partial charge in [-0.3, -0.25) is 0 Å². The lowest BCUT2D eigenvalue weighted by Gasteiger charge is -2.13. The van der Waals surface area contributed by atoms with Crippen LogP contribution in [0.3, 0.4) is 0 Å². The summed E-state index contributed by atoms with van der Waals surface area (Å²) in [5.74, 6) is -1.11. The lowest BCUT2D eigenvalue weighted by atomic mass is 10.1. The van der Waals surface area contributed by atoms with Crippen molar-refractivity contribution in [1.82, 2.24) is 0 Å². The van der Waals surface area contributed by atoms with Crippen LogP contribution in [-0.4, -0.2) is 0 Å². The van der Waals surface area contributed by atoms with Gasteiger partial charge in [-0.05, 0) is 18.2 Å². The van der Waals surface area contributed by atoms with Crippen molar-refractivity contribution in [2.24, 2.45) is 0 Å². The summed E-state index contributed by atoms with van der Waals surface area (Å²) in [7, 11) is 0. The number of alkyl halides is 3. The zero-order valence-electron chi connectivity index (χ0n) is 9.59. The molecule has 0 aliphatic carbocycles. The smallest absolute Gasteiger partial charge is 0.345 e. The Morgan fingerprint density at radius 2 is 1.65 bits per heavy atom. The maximum atomic E-state index is 12.9. The second kappa shape index (κ2) is 5.73. The highest BCUT2D eigenvalue weighted by Crippen LogP contribution is 2.35. The molecule has 1 rings (SSSR count). The van der Waals surface area contributed by atoms with Gasteiger partial charge in [0.05, 0.1) is 11.3 Å². The van der Waals surface area contributed by atoms with Crippen LogP contribution >= 0.6 is 0 Å². The van der Waals surface area contributed by atoms with E-state index in [-0.39, 0.29) is 6.07 Å². The highest BCUT2D eigenvalue weighted by molar-refractivity contribution is 5.62. The molecule has 0 bridgehead atoms. The van der Waals surface area contributed by atoms with Crippen molar-refractivity contribution in [3.05, 3.63) is 40.8 Å². The van der Waals surface area contributed by atoms with Crippen LogP contribution in [0.5, 0.6) is 0 Å². The largest absolute Gasteiger partial charge is 0.418 e. The first-order chi connectivity index (χ1) is 9.33. The Morgan fingerprint density at radius 1 is 1.05 bits per heavy atom. The third-order valence-corrected chi connectivity index (χ3v) is 2.13. The van der Waals surface area contributed by atoms with Crippen molar-refractivity contribution in [3.63, 3.8) is 0 Å². The van der Waals surface area contributed by atoms with Gasteiger partial charge in [-0.25, -0.2) is 4.39 Å². The molecule has 0 heterocycles. The van der Waals surface area contributed by atoms with Gasteiger partial charge in [0.25, 0.3) is 0 Å². The number of rotatable bonds is 2. The quantitative estimate of drug-likeness (QED) is 0.666. The number of halogens is 4. The van der Waals surface area contributed by atoms with Gasteiger partial charge < -0.3 is 5.32 Å². The van der Waals surface area contributed by atoms with Crippen LogP contribution in [0.25, 0.3) is 0 Å². The Bertz CT molecular complexity index is 667. The lowest BCUT2D eigenvalue weighted by Crippen LogP contribution is -2.11. The summed E-state index contributed by atoms with van der Waals surface area (Å²) in [5.41, 5.74) is -3.30. The topological polar surface area (TPSA) is 83.4 Å². The minimum Gasteiger partial charge on any atom is -0.345 e. The van der Waals surface area contributed by atoms with Crippen LogP contribution < -0.4 is 5.32 Å². The van der Waals surface area contributed by atoms with E-state index in [0.717, 1.165) is 12.1 Å². The second-order valence-corrected chi connectivity index (χ2v) is 3.40. The summed E-state index contributed by atoms with van der Waals surface area (Å²) < 4.78 is 51.0. The molecule has 0 saturated carbocycles.